The van der Waals surface area contributed by atoms with Crippen molar-refractivity contribution in [2.45, 2.75) is 46.2 Å². The minimum absolute atomic E-state index is 0.255. The van der Waals surface area contributed by atoms with Gasteiger partial charge in [-0.2, -0.15) is 0 Å². The maximum atomic E-state index is 6.46. The third-order valence-electron chi connectivity index (χ3n) is 3.52. The highest BCUT2D eigenvalue weighted by atomic mass is 35.5. The Hall–Kier alpha value is -1.39. The van der Waals surface area contributed by atoms with Crippen LogP contribution < -0.4 is 5.32 Å². The average molecular weight is 307 g/mol. The molecular formula is C16H23ClN4. The van der Waals surface area contributed by atoms with Crippen LogP contribution >= 0.6 is 11.6 Å². The first-order valence-electron chi connectivity index (χ1n) is 7.59. The third-order valence-corrected chi connectivity index (χ3v) is 3.84. The molecule has 0 saturated heterocycles. The van der Waals surface area contributed by atoms with Gasteiger partial charge >= 0.3 is 0 Å². The molecule has 0 aliphatic heterocycles. The fraction of sp³-hybridized carbons (Fsp3) is 0.500. The lowest BCUT2D eigenvalue weighted by atomic mass is 10.0. The summed E-state index contributed by atoms with van der Waals surface area (Å²) in [4.78, 5) is 0. The van der Waals surface area contributed by atoms with E-state index in [0.29, 0.717) is 0 Å². The fourth-order valence-corrected chi connectivity index (χ4v) is 2.71. The summed E-state index contributed by atoms with van der Waals surface area (Å²) >= 11 is 6.46. The van der Waals surface area contributed by atoms with Gasteiger partial charge in [-0.1, -0.05) is 42.8 Å². The van der Waals surface area contributed by atoms with Crippen molar-refractivity contribution in [3.63, 3.8) is 0 Å². The topological polar surface area (TPSA) is 42.7 Å². The van der Waals surface area contributed by atoms with Gasteiger partial charge in [-0.05, 0) is 37.9 Å². The molecule has 1 unspecified atom stereocenters. The van der Waals surface area contributed by atoms with Crippen molar-refractivity contribution >= 4 is 11.6 Å². The second kappa shape index (κ2) is 7.57. The van der Waals surface area contributed by atoms with Crippen molar-refractivity contribution in [2.75, 3.05) is 6.54 Å². The zero-order chi connectivity index (χ0) is 15.2. The first-order chi connectivity index (χ1) is 10.2. The third kappa shape index (κ3) is 3.83. The van der Waals surface area contributed by atoms with E-state index in [0.717, 1.165) is 47.8 Å². The lowest BCUT2D eigenvalue weighted by Gasteiger charge is -2.16. The van der Waals surface area contributed by atoms with E-state index in [1.54, 1.807) is 6.20 Å². The molecule has 0 radical (unpaired) electrons. The Balaban J connectivity index is 2.24. The molecule has 0 amide bonds. The van der Waals surface area contributed by atoms with Crippen molar-refractivity contribution in [3.8, 4) is 11.3 Å². The second-order valence-corrected chi connectivity index (χ2v) is 5.66. The summed E-state index contributed by atoms with van der Waals surface area (Å²) in [5.41, 5.74) is 3.20. The van der Waals surface area contributed by atoms with Crippen molar-refractivity contribution in [1.82, 2.24) is 20.3 Å². The maximum absolute atomic E-state index is 6.46. The lowest BCUT2D eigenvalue weighted by Crippen LogP contribution is -2.19. The molecule has 1 heterocycles. The molecule has 0 fully saturated rings. The standard InChI is InChI=1S/C16H23ClN4/c1-4-8-18-12(3)14-7-6-13(10-15(14)17)16-11-19-20-21(16)9-5-2/h6-7,10-12,18H,4-5,8-9H2,1-3H3. The van der Waals surface area contributed by atoms with Gasteiger partial charge < -0.3 is 5.32 Å². The van der Waals surface area contributed by atoms with E-state index < -0.39 is 0 Å². The average Bonchev–Trinajstić information content (AvgIpc) is 2.93. The number of benzene rings is 1. The molecule has 1 atom stereocenters. The van der Waals surface area contributed by atoms with E-state index in [1.165, 1.54) is 0 Å². The first kappa shape index (κ1) is 16.0. The fourth-order valence-electron chi connectivity index (χ4n) is 2.37. The van der Waals surface area contributed by atoms with E-state index in [1.807, 2.05) is 10.7 Å². The van der Waals surface area contributed by atoms with E-state index in [-0.39, 0.29) is 6.04 Å². The molecule has 21 heavy (non-hydrogen) atoms. The van der Waals surface area contributed by atoms with Gasteiger partial charge in [0.1, 0.15) is 0 Å². The molecule has 114 valence electrons. The molecule has 1 aromatic heterocycles. The second-order valence-electron chi connectivity index (χ2n) is 5.25. The number of aromatic nitrogens is 3. The molecule has 0 aliphatic carbocycles. The number of hydrogen-bond acceptors (Lipinski definition) is 3. The van der Waals surface area contributed by atoms with E-state index in [9.17, 15) is 0 Å². The van der Waals surface area contributed by atoms with Gasteiger partial charge in [-0.3, -0.25) is 0 Å². The summed E-state index contributed by atoms with van der Waals surface area (Å²) in [6, 6.07) is 6.45. The van der Waals surface area contributed by atoms with Gasteiger partial charge in [0, 0.05) is 23.2 Å². The van der Waals surface area contributed by atoms with Crippen LogP contribution in [0.1, 0.15) is 45.2 Å². The highest BCUT2D eigenvalue weighted by Gasteiger charge is 2.12. The molecule has 2 aromatic rings. The van der Waals surface area contributed by atoms with Crippen LogP contribution in [-0.4, -0.2) is 21.5 Å². The normalized spacial score (nSPS) is 12.6. The molecule has 1 N–H and O–H groups in total. The largest absolute Gasteiger partial charge is 0.310 e. The minimum Gasteiger partial charge on any atom is -0.310 e. The van der Waals surface area contributed by atoms with Gasteiger partial charge in [-0.15, -0.1) is 5.10 Å². The number of rotatable bonds is 7. The molecule has 5 heteroatoms. The van der Waals surface area contributed by atoms with Gasteiger partial charge in [0.05, 0.1) is 11.9 Å². The van der Waals surface area contributed by atoms with Gasteiger partial charge in [0.25, 0.3) is 0 Å². The van der Waals surface area contributed by atoms with Crippen molar-refractivity contribution in [1.29, 1.82) is 0 Å². The Morgan fingerprint density at radius 1 is 1.29 bits per heavy atom. The van der Waals surface area contributed by atoms with Crippen molar-refractivity contribution in [2.24, 2.45) is 0 Å². The number of aryl methyl sites for hydroxylation is 1. The number of nitrogens with zero attached hydrogens (tertiary/aromatic N) is 3. The molecule has 2 rings (SSSR count). The molecule has 0 saturated carbocycles. The highest BCUT2D eigenvalue weighted by Crippen LogP contribution is 2.28. The maximum Gasteiger partial charge on any atom is 0.0886 e. The lowest BCUT2D eigenvalue weighted by molar-refractivity contribution is 0.570. The van der Waals surface area contributed by atoms with Crippen LogP contribution in [0.15, 0.2) is 24.4 Å². The van der Waals surface area contributed by atoms with Crippen molar-refractivity contribution in [3.05, 3.63) is 35.0 Å². The minimum atomic E-state index is 0.255. The van der Waals surface area contributed by atoms with Gasteiger partial charge in [0.2, 0.25) is 0 Å². The van der Waals surface area contributed by atoms with E-state index in [2.05, 4.69) is 48.5 Å². The zero-order valence-corrected chi connectivity index (χ0v) is 13.7. The number of halogens is 1. The molecule has 0 aliphatic rings. The summed E-state index contributed by atoms with van der Waals surface area (Å²) in [6.45, 7) is 8.28. The molecule has 0 bridgehead atoms. The van der Waals surface area contributed by atoms with Crippen LogP contribution in [0.25, 0.3) is 11.3 Å². The van der Waals surface area contributed by atoms with Crippen LogP contribution in [0.3, 0.4) is 0 Å². The summed E-state index contributed by atoms with van der Waals surface area (Å²) in [6.07, 6.45) is 3.93. The first-order valence-corrected chi connectivity index (χ1v) is 7.96. The van der Waals surface area contributed by atoms with Crippen LogP contribution in [0.4, 0.5) is 0 Å². The summed E-state index contributed by atoms with van der Waals surface area (Å²) in [5, 5.41) is 12.4. The van der Waals surface area contributed by atoms with E-state index >= 15 is 0 Å². The van der Waals surface area contributed by atoms with Gasteiger partial charge in [-0.25, -0.2) is 4.68 Å². The summed E-state index contributed by atoms with van der Waals surface area (Å²) in [5.74, 6) is 0. The van der Waals surface area contributed by atoms with Crippen LogP contribution in [0.2, 0.25) is 5.02 Å². The Kier molecular flexibility index (Phi) is 5.76. The molecule has 1 aromatic carbocycles. The summed E-state index contributed by atoms with van der Waals surface area (Å²) < 4.78 is 1.92. The molecule has 4 nitrogen and oxygen atoms in total. The van der Waals surface area contributed by atoms with E-state index in [4.69, 9.17) is 11.6 Å². The predicted molar refractivity (Wildman–Crippen MR) is 87.5 cm³/mol. The Labute approximate surface area is 131 Å². The van der Waals surface area contributed by atoms with Crippen molar-refractivity contribution < 1.29 is 0 Å². The number of nitrogens with one attached hydrogen (secondary N) is 1. The van der Waals surface area contributed by atoms with Crippen LogP contribution in [0, 0.1) is 0 Å². The van der Waals surface area contributed by atoms with Crippen LogP contribution in [-0.2, 0) is 6.54 Å². The van der Waals surface area contributed by atoms with Crippen LogP contribution in [0.5, 0.6) is 0 Å². The summed E-state index contributed by atoms with van der Waals surface area (Å²) in [7, 11) is 0. The highest BCUT2D eigenvalue weighted by molar-refractivity contribution is 6.31. The zero-order valence-electron chi connectivity index (χ0n) is 12.9. The Morgan fingerprint density at radius 2 is 2.10 bits per heavy atom. The Bertz CT molecular complexity index is 579. The molecule has 0 spiro atoms. The monoisotopic (exact) mass is 306 g/mol. The SMILES string of the molecule is CCCNC(C)c1ccc(-c2cnnn2CCC)cc1Cl. The quantitative estimate of drug-likeness (QED) is 0.838. The predicted octanol–water partition coefficient (Wildman–Crippen LogP) is 4.07. The smallest absolute Gasteiger partial charge is 0.0886 e. The Morgan fingerprint density at radius 3 is 2.76 bits per heavy atom. The van der Waals surface area contributed by atoms with Gasteiger partial charge in [0.15, 0.2) is 0 Å². The number of hydrogen-bond donors (Lipinski definition) is 1. The molecular weight excluding hydrogens is 284 g/mol.